The van der Waals surface area contributed by atoms with Gasteiger partial charge in [0.2, 0.25) is 5.91 Å². The molecule has 1 aliphatic heterocycles. The van der Waals surface area contributed by atoms with Crippen LogP contribution in [0, 0.1) is 6.92 Å². The average molecular weight is 424 g/mol. The molecule has 0 spiro atoms. The molecule has 3 aromatic rings. The zero-order valence-electron chi connectivity index (χ0n) is 16.1. The van der Waals surface area contributed by atoms with E-state index in [9.17, 15) is 9.59 Å². The third-order valence-electron chi connectivity index (χ3n) is 4.62. The third kappa shape index (κ3) is 4.57. The SMILES string of the molecule is Cc1ccc(-n2c(SCC(=O)NCc3ccccc3)nc3c(c2=O)SCC3)cc1. The number of nitrogens with one attached hydrogen (secondary N) is 1. The number of aryl methyl sites for hydroxylation is 2. The Hall–Kier alpha value is -2.51. The smallest absolute Gasteiger partial charge is 0.272 e. The summed E-state index contributed by atoms with van der Waals surface area (Å²) in [6.45, 7) is 2.50. The van der Waals surface area contributed by atoms with Crippen LogP contribution in [0.4, 0.5) is 0 Å². The number of benzene rings is 2. The van der Waals surface area contributed by atoms with Crippen molar-refractivity contribution < 1.29 is 4.79 Å². The summed E-state index contributed by atoms with van der Waals surface area (Å²) in [6.07, 6.45) is 0.789. The Balaban J connectivity index is 1.55. The lowest BCUT2D eigenvalue weighted by Gasteiger charge is -2.14. The molecule has 0 radical (unpaired) electrons. The minimum absolute atomic E-state index is 0.0476. The van der Waals surface area contributed by atoms with Crippen molar-refractivity contribution in [2.45, 2.75) is 29.9 Å². The summed E-state index contributed by atoms with van der Waals surface area (Å²) in [5.41, 5.74) is 3.74. The zero-order valence-corrected chi connectivity index (χ0v) is 17.7. The fourth-order valence-corrected chi connectivity index (χ4v) is 4.97. The second-order valence-electron chi connectivity index (χ2n) is 6.80. The lowest BCUT2D eigenvalue weighted by molar-refractivity contribution is -0.118. The van der Waals surface area contributed by atoms with E-state index in [2.05, 4.69) is 5.32 Å². The molecule has 0 bridgehead atoms. The molecule has 1 amide bonds. The van der Waals surface area contributed by atoms with Crippen LogP contribution in [0.1, 0.15) is 16.8 Å². The standard InChI is InChI=1S/C22H21N3O2S2/c1-15-7-9-17(10-8-15)25-21(27)20-18(11-12-28-20)24-22(25)29-14-19(26)23-13-16-5-3-2-4-6-16/h2-10H,11-14H2,1H3,(H,23,26). The highest BCUT2D eigenvalue weighted by Gasteiger charge is 2.23. The van der Waals surface area contributed by atoms with E-state index >= 15 is 0 Å². The molecule has 2 aromatic carbocycles. The Morgan fingerprint density at radius 1 is 1.17 bits per heavy atom. The van der Waals surface area contributed by atoms with Gasteiger partial charge in [-0.05, 0) is 24.6 Å². The molecule has 0 aliphatic carbocycles. The molecular weight excluding hydrogens is 402 g/mol. The lowest BCUT2D eigenvalue weighted by Crippen LogP contribution is -2.27. The van der Waals surface area contributed by atoms with Gasteiger partial charge in [0.1, 0.15) is 0 Å². The Bertz CT molecular complexity index is 1080. The van der Waals surface area contributed by atoms with Crippen molar-refractivity contribution in [1.82, 2.24) is 14.9 Å². The number of thioether (sulfide) groups is 2. The van der Waals surface area contributed by atoms with Crippen LogP contribution >= 0.6 is 23.5 Å². The van der Waals surface area contributed by atoms with Gasteiger partial charge < -0.3 is 5.32 Å². The Morgan fingerprint density at radius 2 is 1.93 bits per heavy atom. The molecule has 7 heteroatoms. The molecule has 0 atom stereocenters. The second-order valence-corrected chi connectivity index (χ2v) is 8.84. The number of nitrogens with zero attached hydrogens (tertiary/aromatic N) is 2. The van der Waals surface area contributed by atoms with Gasteiger partial charge in [0.15, 0.2) is 5.16 Å². The molecule has 148 valence electrons. The number of fused-ring (bicyclic) bond motifs is 1. The third-order valence-corrected chi connectivity index (χ3v) is 6.67. The van der Waals surface area contributed by atoms with E-state index in [-0.39, 0.29) is 17.2 Å². The quantitative estimate of drug-likeness (QED) is 0.485. The minimum atomic E-state index is -0.0848. The first kappa shape index (κ1) is 19.8. The van der Waals surface area contributed by atoms with Crippen molar-refractivity contribution in [1.29, 1.82) is 0 Å². The lowest BCUT2D eigenvalue weighted by atomic mass is 10.2. The average Bonchev–Trinajstić information content (AvgIpc) is 3.21. The fourth-order valence-electron chi connectivity index (χ4n) is 3.09. The molecule has 0 unspecified atom stereocenters. The van der Waals surface area contributed by atoms with Gasteiger partial charge in [0.25, 0.3) is 5.56 Å². The zero-order chi connectivity index (χ0) is 20.2. The van der Waals surface area contributed by atoms with E-state index in [1.54, 1.807) is 16.3 Å². The van der Waals surface area contributed by atoms with Crippen LogP contribution in [-0.4, -0.2) is 27.0 Å². The first-order chi connectivity index (χ1) is 14.1. The number of amides is 1. The van der Waals surface area contributed by atoms with Crippen LogP contribution in [-0.2, 0) is 17.8 Å². The molecule has 0 fully saturated rings. The topological polar surface area (TPSA) is 64.0 Å². The summed E-state index contributed by atoms with van der Waals surface area (Å²) in [5.74, 6) is 0.993. The summed E-state index contributed by atoms with van der Waals surface area (Å²) in [5, 5.41) is 3.49. The maximum absolute atomic E-state index is 13.1. The largest absolute Gasteiger partial charge is 0.351 e. The van der Waals surface area contributed by atoms with E-state index in [0.717, 1.165) is 39.6 Å². The molecule has 1 aliphatic rings. The summed E-state index contributed by atoms with van der Waals surface area (Å²) in [4.78, 5) is 30.9. The number of rotatable bonds is 6. The Labute approximate surface area is 177 Å². The summed E-state index contributed by atoms with van der Waals surface area (Å²) < 4.78 is 1.63. The Kier molecular flexibility index (Phi) is 6.06. The molecule has 0 saturated carbocycles. The van der Waals surface area contributed by atoms with Gasteiger partial charge in [0.05, 0.1) is 22.0 Å². The van der Waals surface area contributed by atoms with Gasteiger partial charge in [0, 0.05) is 18.7 Å². The maximum Gasteiger partial charge on any atom is 0.272 e. The van der Waals surface area contributed by atoms with Crippen LogP contribution in [0.5, 0.6) is 0 Å². The van der Waals surface area contributed by atoms with Gasteiger partial charge in [-0.1, -0.05) is 59.8 Å². The van der Waals surface area contributed by atoms with Gasteiger partial charge in [-0.25, -0.2) is 4.98 Å². The van der Waals surface area contributed by atoms with Crippen molar-refractivity contribution in [2.24, 2.45) is 0 Å². The van der Waals surface area contributed by atoms with Crippen LogP contribution in [0.15, 0.2) is 69.4 Å². The molecule has 0 saturated heterocycles. The minimum Gasteiger partial charge on any atom is -0.351 e. The second kappa shape index (κ2) is 8.88. The molecule has 4 rings (SSSR count). The number of carbonyl (C=O) groups is 1. The molecule has 2 heterocycles. The van der Waals surface area contributed by atoms with Crippen LogP contribution in [0.3, 0.4) is 0 Å². The highest BCUT2D eigenvalue weighted by Crippen LogP contribution is 2.30. The van der Waals surface area contributed by atoms with Crippen molar-refractivity contribution in [3.8, 4) is 5.69 Å². The molecule has 5 nitrogen and oxygen atoms in total. The number of carbonyl (C=O) groups excluding carboxylic acids is 1. The summed E-state index contributed by atoms with van der Waals surface area (Å²) in [6, 6.07) is 17.6. The van der Waals surface area contributed by atoms with Crippen molar-refractivity contribution in [3.05, 3.63) is 81.8 Å². The first-order valence-electron chi connectivity index (χ1n) is 9.41. The monoisotopic (exact) mass is 423 g/mol. The predicted molar refractivity (Wildman–Crippen MR) is 118 cm³/mol. The first-order valence-corrected chi connectivity index (χ1v) is 11.4. The Morgan fingerprint density at radius 3 is 2.69 bits per heavy atom. The van der Waals surface area contributed by atoms with Gasteiger partial charge in [-0.15, -0.1) is 11.8 Å². The number of hydrogen-bond acceptors (Lipinski definition) is 5. The van der Waals surface area contributed by atoms with E-state index < -0.39 is 0 Å². The molecular formula is C22H21N3O2S2. The van der Waals surface area contributed by atoms with Gasteiger partial charge >= 0.3 is 0 Å². The maximum atomic E-state index is 13.1. The van der Waals surface area contributed by atoms with E-state index in [1.165, 1.54) is 11.8 Å². The van der Waals surface area contributed by atoms with Gasteiger partial charge in [-0.3, -0.25) is 14.2 Å². The highest BCUT2D eigenvalue weighted by atomic mass is 32.2. The van der Waals surface area contributed by atoms with Crippen LogP contribution in [0.25, 0.3) is 5.69 Å². The van der Waals surface area contributed by atoms with E-state index in [4.69, 9.17) is 4.98 Å². The van der Waals surface area contributed by atoms with E-state index in [1.807, 2.05) is 61.5 Å². The van der Waals surface area contributed by atoms with Crippen molar-refractivity contribution in [3.63, 3.8) is 0 Å². The van der Waals surface area contributed by atoms with E-state index in [0.29, 0.717) is 11.7 Å². The normalized spacial score (nSPS) is 12.6. The van der Waals surface area contributed by atoms with Crippen LogP contribution in [0.2, 0.25) is 0 Å². The van der Waals surface area contributed by atoms with Crippen molar-refractivity contribution >= 4 is 29.4 Å². The molecule has 1 N–H and O–H groups in total. The van der Waals surface area contributed by atoms with Gasteiger partial charge in [-0.2, -0.15) is 0 Å². The number of hydrogen-bond donors (Lipinski definition) is 1. The number of aromatic nitrogens is 2. The summed E-state index contributed by atoms with van der Waals surface area (Å²) in [7, 11) is 0. The molecule has 29 heavy (non-hydrogen) atoms. The molecule has 1 aromatic heterocycles. The van der Waals surface area contributed by atoms with Crippen molar-refractivity contribution in [2.75, 3.05) is 11.5 Å². The predicted octanol–water partition coefficient (Wildman–Crippen LogP) is 3.60. The highest BCUT2D eigenvalue weighted by molar-refractivity contribution is 8.00. The summed E-state index contributed by atoms with van der Waals surface area (Å²) >= 11 is 2.86. The van der Waals surface area contributed by atoms with Crippen LogP contribution < -0.4 is 10.9 Å². The fraction of sp³-hybridized carbons (Fsp3) is 0.227.